The molecule has 17 heteroatoms. The fraction of sp³-hybridized carbons (Fsp3) is 0.620. The van der Waals surface area contributed by atoms with Crippen LogP contribution in [0.3, 0.4) is 0 Å². The van der Waals surface area contributed by atoms with Crippen LogP contribution in [-0.4, -0.2) is 108 Å². The zero-order valence-electron chi connectivity index (χ0n) is 41.1. The second-order valence-electron chi connectivity index (χ2n) is 19.6. The van der Waals surface area contributed by atoms with Gasteiger partial charge in [-0.1, -0.05) is 79.9 Å². The maximum Gasteiger partial charge on any atom is 0.329 e. The molecule has 0 saturated heterocycles. The Morgan fingerprint density at radius 2 is 1.13 bits per heavy atom. The first-order valence-electron chi connectivity index (χ1n) is 23.3. The number of benzene rings is 2. The van der Waals surface area contributed by atoms with Gasteiger partial charge in [0.2, 0.25) is 17.7 Å². The van der Waals surface area contributed by atoms with Crippen molar-refractivity contribution < 1.29 is 57.6 Å². The Bertz CT molecular complexity index is 1840. The molecule has 0 spiro atoms. The number of hydrogen-bond donors (Lipinski definition) is 6. The Labute approximate surface area is 396 Å². The third kappa shape index (κ3) is 28.3. The molecule has 0 unspecified atom stereocenters. The van der Waals surface area contributed by atoms with E-state index in [4.69, 9.17) is 18.9 Å². The number of unbranched alkanes of at least 4 members (excludes halogenated alkanes) is 4. The molecule has 2 aromatic carbocycles. The molecule has 0 bridgehead atoms. The zero-order valence-corrected chi connectivity index (χ0v) is 41.1. The summed E-state index contributed by atoms with van der Waals surface area (Å²) in [5, 5.41) is 23.6. The van der Waals surface area contributed by atoms with Crippen LogP contribution in [0.2, 0.25) is 0 Å². The fourth-order valence-corrected chi connectivity index (χ4v) is 6.48. The number of hydrogen-bond acceptors (Lipinski definition) is 11. The van der Waals surface area contributed by atoms with Gasteiger partial charge in [-0.15, -0.1) is 0 Å². The first-order chi connectivity index (χ1) is 31.4. The monoisotopic (exact) mass is 940 g/mol. The van der Waals surface area contributed by atoms with E-state index in [-0.39, 0.29) is 70.2 Å². The number of urea groups is 1. The van der Waals surface area contributed by atoms with E-state index in [0.29, 0.717) is 19.4 Å². The third-order valence-electron chi connectivity index (χ3n) is 9.74. The van der Waals surface area contributed by atoms with Crippen LogP contribution in [-0.2, 0) is 60.6 Å². The second-order valence-corrected chi connectivity index (χ2v) is 19.6. The molecule has 17 nitrogen and oxygen atoms in total. The largest absolute Gasteiger partial charge is 0.480 e. The molecule has 0 fully saturated rings. The van der Waals surface area contributed by atoms with Crippen molar-refractivity contribution in [3.63, 3.8) is 0 Å². The van der Waals surface area contributed by atoms with Crippen LogP contribution in [0.1, 0.15) is 138 Å². The number of carbonyl (C=O) groups excluding carboxylic acids is 6. The highest BCUT2D eigenvalue weighted by molar-refractivity contribution is 5.91. The SMILES string of the molecule is CC(C)(C)OCOC[C@H](CCC(=O)NCCCCCCCC(=O)N[C@@H](Cc1ccccc1)C(=O)N[C@@H](Cc1ccccc1)C(=O)O)NC(=O)N[C@@H](CCC(=O)OC(C)(C)C)C(=O)OC(C)(C)C. The van der Waals surface area contributed by atoms with Gasteiger partial charge in [-0.2, -0.15) is 0 Å². The van der Waals surface area contributed by atoms with Crippen molar-refractivity contribution in [2.45, 2.75) is 180 Å². The van der Waals surface area contributed by atoms with E-state index >= 15 is 0 Å². The van der Waals surface area contributed by atoms with Gasteiger partial charge >= 0.3 is 23.9 Å². The molecular formula is C50H77N5O12. The Kier molecular flexibility index (Phi) is 25.1. The maximum atomic E-state index is 13.4. The summed E-state index contributed by atoms with van der Waals surface area (Å²) in [4.78, 5) is 90.1. The summed E-state index contributed by atoms with van der Waals surface area (Å²) >= 11 is 0. The van der Waals surface area contributed by atoms with Crippen molar-refractivity contribution in [3.05, 3.63) is 71.8 Å². The number of carboxylic acid groups (broad SMARTS) is 1. The lowest BCUT2D eigenvalue weighted by Gasteiger charge is -2.26. The lowest BCUT2D eigenvalue weighted by Crippen LogP contribution is -2.53. The molecule has 6 N–H and O–H groups in total. The van der Waals surface area contributed by atoms with Gasteiger partial charge in [-0.05, 0) is 99.1 Å². The topological polar surface area (TPSA) is 237 Å². The summed E-state index contributed by atoms with van der Waals surface area (Å²) in [5.41, 5.74) is -0.446. The van der Waals surface area contributed by atoms with Crippen LogP contribution < -0.4 is 26.6 Å². The number of aliphatic carboxylic acids is 1. The Morgan fingerprint density at radius 3 is 1.70 bits per heavy atom. The lowest BCUT2D eigenvalue weighted by atomic mass is 10.0. The van der Waals surface area contributed by atoms with Crippen molar-refractivity contribution in [3.8, 4) is 0 Å². The molecule has 0 aromatic heterocycles. The van der Waals surface area contributed by atoms with Crippen molar-refractivity contribution >= 4 is 41.7 Å². The van der Waals surface area contributed by atoms with Crippen LogP contribution in [0.4, 0.5) is 4.79 Å². The Balaban J connectivity index is 1.85. The molecule has 0 heterocycles. The highest BCUT2D eigenvalue weighted by atomic mass is 16.7. The van der Waals surface area contributed by atoms with E-state index in [9.17, 15) is 38.7 Å². The third-order valence-corrected chi connectivity index (χ3v) is 9.74. The highest BCUT2D eigenvalue weighted by Gasteiger charge is 2.30. The van der Waals surface area contributed by atoms with E-state index in [1.54, 1.807) is 65.8 Å². The van der Waals surface area contributed by atoms with Gasteiger partial charge in [-0.3, -0.25) is 19.2 Å². The summed E-state index contributed by atoms with van der Waals surface area (Å²) in [7, 11) is 0. The van der Waals surface area contributed by atoms with Gasteiger partial charge in [0.25, 0.3) is 0 Å². The molecule has 0 aliphatic carbocycles. The van der Waals surface area contributed by atoms with E-state index in [2.05, 4.69) is 26.6 Å². The van der Waals surface area contributed by atoms with Gasteiger partial charge in [0, 0.05) is 38.6 Å². The van der Waals surface area contributed by atoms with Crippen LogP contribution in [0.15, 0.2) is 60.7 Å². The quantitative estimate of drug-likeness (QED) is 0.0311. The van der Waals surface area contributed by atoms with E-state index in [0.717, 1.165) is 30.4 Å². The summed E-state index contributed by atoms with van der Waals surface area (Å²) < 4.78 is 22.2. The Hall–Kier alpha value is -5.55. The van der Waals surface area contributed by atoms with Gasteiger partial charge < -0.3 is 50.6 Å². The van der Waals surface area contributed by atoms with Crippen LogP contribution in [0.5, 0.6) is 0 Å². The van der Waals surface area contributed by atoms with E-state index in [1.165, 1.54) is 0 Å². The first-order valence-corrected chi connectivity index (χ1v) is 23.3. The average Bonchev–Trinajstić information content (AvgIpc) is 3.22. The smallest absolute Gasteiger partial charge is 0.329 e. The standard InChI is InChI=1S/C50H77N5O12/c1-48(2,3)65-34-64-33-37(52-47(63)55-38(46(62)67-50(7,8)9)27-29-43(58)66-49(4,5)6)26-28-41(56)51-30-20-12-10-11-19-25-42(57)53-39(31-35-21-15-13-16-22-35)44(59)54-40(45(60)61)32-36-23-17-14-18-24-36/h13-18,21-24,37-40H,10-12,19-20,25-34H2,1-9H3,(H,51,56)(H,53,57)(H,54,59)(H,60,61)(H2,52,55,63)/t37-,38-,39-,40-/m0/s1. The number of ether oxygens (including phenoxy) is 4. The molecule has 67 heavy (non-hydrogen) atoms. The molecular weight excluding hydrogens is 863 g/mol. The second kappa shape index (κ2) is 29.3. The molecule has 0 aliphatic rings. The van der Waals surface area contributed by atoms with E-state index in [1.807, 2.05) is 57.2 Å². The van der Waals surface area contributed by atoms with Gasteiger partial charge in [-0.25, -0.2) is 14.4 Å². The summed E-state index contributed by atoms with van der Waals surface area (Å²) in [6.45, 7) is 16.3. The minimum atomic E-state index is -1.17. The minimum Gasteiger partial charge on any atom is -0.480 e. The lowest BCUT2D eigenvalue weighted by molar-refractivity contribution is -0.158. The molecule has 4 atom stereocenters. The molecule has 2 aromatic rings. The summed E-state index contributed by atoms with van der Waals surface area (Å²) in [6.07, 6.45) is 4.24. The molecule has 374 valence electrons. The molecule has 2 rings (SSSR count). The molecule has 0 saturated carbocycles. The number of carboxylic acids is 1. The minimum absolute atomic E-state index is 0.0185. The van der Waals surface area contributed by atoms with E-state index < -0.39 is 70.8 Å². The number of carbonyl (C=O) groups is 7. The highest BCUT2D eigenvalue weighted by Crippen LogP contribution is 2.15. The predicted octanol–water partition coefficient (Wildman–Crippen LogP) is 6.05. The first kappa shape index (κ1) is 57.6. The Morgan fingerprint density at radius 1 is 0.567 bits per heavy atom. The van der Waals surface area contributed by atoms with Gasteiger partial charge in [0.05, 0.1) is 18.2 Å². The normalized spacial score (nSPS) is 13.5. The fourth-order valence-electron chi connectivity index (χ4n) is 6.48. The zero-order chi connectivity index (χ0) is 50.0. The molecule has 0 radical (unpaired) electrons. The van der Waals surface area contributed by atoms with Crippen LogP contribution >= 0.6 is 0 Å². The summed E-state index contributed by atoms with van der Waals surface area (Å²) in [5.74, 6) is -3.51. The van der Waals surface area contributed by atoms with Crippen molar-refractivity contribution in [2.75, 3.05) is 19.9 Å². The van der Waals surface area contributed by atoms with Crippen molar-refractivity contribution in [1.82, 2.24) is 26.6 Å². The number of nitrogens with one attached hydrogen (secondary N) is 5. The average molecular weight is 940 g/mol. The number of rotatable bonds is 29. The number of amides is 5. The molecule has 5 amide bonds. The van der Waals surface area contributed by atoms with Gasteiger partial charge in [0.15, 0.2) is 0 Å². The van der Waals surface area contributed by atoms with Crippen molar-refractivity contribution in [2.24, 2.45) is 0 Å². The van der Waals surface area contributed by atoms with Crippen molar-refractivity contribution in [1.29, 1.82) is 0 Å². The predicted molar refractivity (Wildman–Crippen MR) is 254 cm³/mol. The maximum absolute atomic E-state index is 13.4. The molecule has 0 aliphatic heterocycles. The number of esters is 2. The summed E-state index contributed by atoms with van der Waals surface area (Å²) in [6, 6.07) is 13.6. The van der Waals surface area contributed by atoms with Crippen LogP contribution in [0, 0.1) is 0 Å². The van der Waals surface area contributed by atoms with Crippen LogP contribution in [0.25, 0.3) is 0 Å². The van der Waals surface area contributed by atoms with Gasteiger partial charge in [0.1, 0.15) is 36.1 Å².